The first-order chi connectivity index (χ1) is 13.5. The Labute approximate surface area is 167 Å². The van der Waals surface area contributed by atoms with E-state index in [4.69, 9.17) is 4.98 Å². The lowest BCUT2D eigenvalue weighted by atomic mass is 9.77. The number of fused-ring (bicyclic) bond motifs is 2. The molecule has 2 heterocycles. The van der Waals surface area contributed by atoms with Gasteiger partial charge in [0.2, 0.25) is 5.91 Å². The first kappa shape index (κ1) is 18.9. The maximum absolute atomic E-state index is 13.0. The van der Waals surface area contributed by atoms with Crippen LogP contribution in [0, 0.1) is 6.92 Å². The van der Waals surface area contributed by atoms with E-state index in [0.29, 0.717) is 6.42 Å². The van der Waals surface area contributed by atoms with E-state index in [9.17, 15) is 4.79 Å². The van der Waals surface area contributed by atoms with Crippen LogP contribution in [-0.4, -0.2) is 48.0 Å². The zero-order valence-corrected chi connectivity index (χ0v) is 17.2. The van der Waals surface area contributed by atoms with E-state index in [0.717, 1.165) is 51.0 Å². The van der Waals surface area contributed by atoms with E-state index in [-0.39, 0.29) is 11.3 Å². The van der Waals surface area contributed by atoms with Crippen molar-refractivity contribution >= 4 is 11.6 Å². The molecule has 1 fully saturated rings. The van der Waals surface area contributed by atoms with Crippen molar-refractivity contribution in [3.05, 3.63) is 53.1 Å². The average Bonchev–Trinajstić information content (AvgIpc) is 3.03. The molecule has 148 valence electrons. The van der Waals surface area contributed by atoms with Crippen molar-refractivity contribution in [2.45, 2.75) is 50.9 Å². The molecule has 1 unspecified atom stereocenters. The lowest BCUT2D eigenvalue weighted by Crippen LogP contribution is -2.48. The zero-order chi connectivity index (χ0) is 19.7. The average molecular weight is 379 g/mol. The number of hydrogen-bond acceptors (Lipinski definition) is 4. The van der Waals surface area contributed by atoms with Crippen LogP contribution in [-0.2, 0) is 23.1 Å². The molecule has 1 aromatic heterocycles. The van der Waals surface area contributed by atoms with Crippen molar-refractivity contribution < 1.29 is 4.79 Å². The lowest BCUT2D eigenvalue weighted by Gasteiger charge is -2.40. The monoisotopic (exact) mass is 378 g/mol. The number of carbonyl (C=O) groups excluding carboxylic acids is 1. The topological polar surface area (TPSA) is 49.3 Å². The number of aryl methyl sites for hydroxylation is 3. The fourth-order valence-corrected chi connectivity index (χ4v) is 4.74. The van der Waals surface area contributed by atoms with Crippen LogP contribution in [0.15, 0.2) is 30.5 Å². The molecule has 2 aliphatic rings. The number of rotatable bonds is 4. The quantitative estimate of drug-likeness (QED) is 0.819. The lowest BCUT2D eigenvalue weighted by molar-refractivity contribution is -0.133. The molecule has 1 spiro atoms. The molecule has 0 radical (unpaired) electrons. The summed E-state index contributed by atoms with van der Waals surface area (Å²) in [6, 6.07) is 8.50. The van der Waals surface area contributed by atoms with Gasteiger partial charge in [-0.15, -0.1) is 0 Å². The number of amides is 1. The van der Waals surface area contributed by atoms with Gasteiger partial charge >= 0.3 is 0 Å². The maximum atomic E-state index is 13.0. The highest BCUT2D eigenvalue weighted by molar-refractivity contribution is 5.77. The number of hydrogen-bond donors (Lipinski definition) is 0. The zero-order valence-electron chi connectivity index (χ0n) is 17.2. The summed E-state index contributed by atoms with van der Waals surface area (Å²) in [5.41, 5.74) is 4.94. The molecule has 28 heavy (non-hydrogen) atoms. The third-order valence-electron chi connectivity index (χ3n) is 6.37. The van der Waals surface area contributed by atoms with E-state index >= 15 is 0 Å². The fourth-order valence-electron chi connectivity index (χ4n) is 4.74. The van der Waals surface area contributed by atoms with E-state index in [1.54, 1.807) is 0 Å². The molecular weight excluding hydrogens is 348 g/mol. The number of benzene rings is 1. The molecule has 2 aromatic rings. The third kappa shape index (κ3) is 3.62. The van der Waals surface area contributed by atoms with Crippen LogP contribution in [0.5, 0.6) is 0 Å². The molecule has 4 rings (SSSR count). The molecule has 0 saturated carbocycles. The minimum absolute atomic E-state index is 0.0459. The van der Waals surface area contributed by atoms with Crippen LogP contribution in [0.25, 0.3) is 0 Å². The molecule has 5 nitrogen and oxygen atoms in total. The second kappa shape index (κ2) is 7.53. The predicted octanol–water partition coefficient (Wildman–Crippen LogP) is 3.29. The number of aromatic nitrogens is 2. The van der Waals surface area contributed by atoms with Crippen LogP contribution in [0.3, 0.4) is 0 Å². The number of piperidine rings is 1. The van der Waals surface area contributed by atoms with Gasteiger partial charge in [-0.2, -0.15) is 0 Å². The molecule has 0 N–H and O–H groups in total. The van der Waals surface area contributed by atoms with Crippen molar-refractivity contribution in [1.29, 1.82) is 0 Å². The smallest absolute Gasteiger partial charge is 0.222 e. The Hall–Kier alpha value is -2.43. The molecule has 0 bridgehead atoms. The number of nitrogens with zero attached hydrogens (tertiary/aromatic N) is 4. The first-order valence-electron chi connectivity index (χ1n) is 10.3. The van der Waals surface area contributed by atoms with Crippen LogP contribution >= 0.6 is 0 Å². The maximum Gasteiger partial charge on any atom is 0.222 e. The predicted molar refractivity (Wildman–Crippen MR) is 112 cm³/mol. The Morgan fingerprint density at radius 3 is 2.75 bits per heavy atom. The minimum atomic E-state index is 0.0459. The molecule has 1 atom stereocenters. The molecule has 5 heteroatoms. The van der Waals surface area contributed by atoms with E-state index < -0.39 is 0 Å². The number of carbonyl (C=O) groups is 1. The Morgan fingerprint density at radius 1 is 1.21 bits per heavy atom. The van der Waals surface area contributed by atoms with Gasteiger partial charge in [0.1, 0.15) is 5.82 Å². The summed E-state index contributed by atoms with van der Waals surface area (Å²) < 4.78 is 0. The first-order valence-corrected chi connectivity index (χ1v) is 10.3. The standard InChI is InChI=1S/C23H30N4O/c1-17-24-15-19-11-13-23(22(19)25-17)12-4-14-27(16-23)21(28)10-7-18-5-8-20(9-6-18)26(2)3/h5-6,8-9,15H,4,7,10-14,16H2,1-3H3. The van der Waals surface area contributed by atoms with Crippen molar-refractivity contribution in [3.8, 4) is 0 Å². The summed E-state index contributed by atoms with van der Waals surface area (Å²) in [5, 5.41) is 0. The summed E-state index contributed by atoms with van der Waals surface area (Å²) in [5.74, 6) is 1.11. The van der Waals surface area contributed by atoms with Gasteiger partial charge < -0.3 is 9.80 Å². The normalized spacial score (nSPS) is 21.0. The molecule has 1 aliphatic carbocycles. The van der Waals surface area contributed by atoms with Crippen molar-refractivity contribution in [1.82, 2.24) is 14.9 Å². The van der Waals surface area contributed by atoms with E-state index in [2.05, 4.69) is 39.0 Å². The molecule has 1 aliphatic heterocycles. The van der Waals surface area contributed by atoms with Crippen molar-refractivity contribution in [2.24, 2.45) is 0 Å². The largest absolute Gasteiger partial charge is 0.378 e. The molecule has 1 amide bonds. The summed E-state index contributed by atoms with van der Waals surface area (Å²) in [4.78, 5) is 26.3. The van der Waals surface area contributed by atoms with Crippen molar-refractivity contribution in [2.75, 3.05) is 32.1 Å². The van der Waals surface area contributed by atoms with Gasteiger partial charge in [0.05, 0.1) is 5.69 Å². The second-order valence-corrected chi connectivity index (χ2v) is 8.55. The molecular formula is C23H30N4O. The minimum Gasteiger partial charge on any atom is -0.378 e. The Balaban J connectivity index is 1.41. The second-order valence-electron chi connectivity index (χ2n) is 8.55. The Kier molecular flexibility index (Phi) is 5.09. The SMILES string of the molecule is Cc1ncc2c(n1)C1(CCCN(C(=O)CCc3ccc(N(C)C)cc3)C1)CC2. The van der Waals surface area contributed by atoms with Crippen LogP contribution in [0.1, 0.15) is 48.3 Å². The third-order valence-corrected chi connectivity index (χ3v) is 6.37. The van der Waals surface area contributed by atoms with Gasteiger partial charge in [-0.25, -0.2) is 9.97 Å². The Morgan fingerprint density at radius 2 is 2.00 bits per heavy atom. The highest BCUT2D eigenvalue weighted by Crippen LogP contribution is 2.43. The van der Waals surface area contributed by atoms with Gasteiger partial charge in [0.25, 0.3) is 0 Å². The summed E-state index contributed by atoms with van der Waals surface area (Å²) in [6.07, 6.45) is 7.69. The van der Waals surface area contributed by atoms with E-state index in [1.807, 2.05) is 27.2 Å². The number of likely N-dealkylation sites (tertiary alicyclic amines) is 1. The fraction of sp³-hybridized carbons (Fsp3) is 0.522. The van der Waals surface area contributed by atoms with Crippen molar-refractivity contribution in [3.63, 3.8) is 0 Å². The summed E-state index contributed by atoms with van der Waals surface area (Å²) >= 11 is 0. The van der Waals surface area contributed by atoms with Gasteiger partial charge in [0, 0.05) is 50.9 Å². The van der Waals surface area contributed by atoms with Crippen LogP contribution < -0.4 is 4.90 Å². The molecule has 1 aromatic carbocycles. The highest BCUT2D eigenvalue weighted by atomic mass is 16.2. The van der Waals surface area contributed by atoms with Crippen LogP contribution in [0.2, 0.25) is 0 Å². The highest BCUT2D eigenvalue weighted by Gasteiger charge is 2.44. The molecule has 1 saturated heterocycles. The van der Waals surface area contributed by atoms with Gasteiger partial charge in [-0.1, -0.05) is 12.1 Å². The van der Waals surface area contributed by atoms with E-state index in [1.165, 1.54) is 22.5 Å². The van der Waals surface area contributed by atoms with Crippen LogP contribution in [0.4, 0.5) is 5.69 Å². The summed E-state index contributed by atoms with van der Waals surface area (Å²) in [7, 11) is 4.08. The Bertz CT molecular complexity index is 857. The van der Waals surface area contributed by atoms with Gasteiger partial charge in [0.15, 0.2) is 0 Å². The summed E-state index contributed by atoms with van der Waals surface area (Å²) in [6.45, 7) is 3.65. The number of anilines is 1. The van der Waals surface area contributed by atoms with Gasteiger partial charge in [-0.05, 0) is 62.3 Å². The van der Waals surface area contributed by atoms with Gasteiger partial charge in [-0.3, -0.25) is 4.79 Å².